The van der Waals surface area contributed by atoms with E-state index in [9.17, 15) is 9.18 Å². The molecule has 0 spiro atoms. The molecule has 15 heavy (non-hydrogen) atoms. The fourth-order valence-electron chi connectivity index (χ4n) is 1.15. The molecule has 0 aliphatic rings. The van der Waals surface area contributed by atoms with Crippen molar-refractivity contribution in [1.29, 1.82) is 5.26 Å². The van der Waals surface area contributed by atoms with Crippen LogP contribution in [0.4, 0.5) is 4.39 Å². The number of benzene rings is 1. The summed E-state index contributed by atoms with van der Waals surface area (Å²) >= 11 is 0. The Bertz CT molecular complexity index is 460. The zero-order chi connectivity index (χ0) is 11.4. The number of hydrogen-bond acceptors (Lipinski definition) is 3. The van der Waals surface area contributed by atoms with Crippen LogP contribution in [0.1, 0.15) is 11.1 Å². The molecular formula is C11H8FNO2. The largest absolute Gasteiger partial charge is 0.465 e. The average molecular weight is 205 g/mol. The van der Waals surface area contributed by atoms with Gasteiger partial charge >= 0.3 is 5.97 Å². The number of ether oxygens (including phenoxy) is 1. The summed E-state index contributed by atoms with van der Waals surface area (Å²) in [5.74, 6) is -1.42. The van der Waals surface area contributed by atoms with Crippen LogP contribution in [0.25, 0.3) is 5.57 Å². The third-order valence-corrected chi connectivity index (χ3v) is 1.87. The van der Waals surface area contributed by atoms with E-state index in [1.807, 2.05) is 0 Å². The molecule has 76 valence electrons. The molecule has 0 unspecified atom stereocenters. The van der Waals surface area contributed by atoms with Crippen LogP contribution in [-0.4, -0.2) is 13.1 Å². The van der Waals surface area contributed by atoms with Gasteiger partial charge in [0.05, 0.1) is 24.3 Å². The smallest absolute Gasteiger partial charge is 0.338 e. The normalized spacial score (nSPS) is 9.13. The topological polar surface area (TPSA) is 50.1 Å². The highest BCUT2D eigenvalue weighted by molar-refractivity contribution is 6.16. The lowest BCUT2D eigenvalue weighted by atomic mass is 10.0. The Morgan fingerprint density at radius 3 is 2.80 bits per heavy atom. The standard InChI is InChI=1S/C11H8FNO2/c1-7(11(14)15-2)10-8(6-13)4-3-5-9(10)12/h3-5H,1H2,2H3. The number of nitrogens with zero attached hydrogens (tertiary/aromatic N) is 1. The molecule has 0 fully saturated rings. The first kappa shape index (κ1) is 10.9. The summed E-state index contributed by atoms with van der Waals surface area (Å²) in [5.41, 5.74) is -0.204. The molecule has 0 bridgehead atoms. The van der Waals surface area contributed by atoms with Gasteiger partial charge in [-0.2, -0.15) is 5.26 Å². The fourth-order valence-corrected chi connectivity index (χ4v) is 1.15. The predicted octanol–water partition coefficient (Wildman–Crippen LogP) is 1.88. The van der Waals surface area contributed by atoms with Crippen LogP contribution in [0.15, 0.2) is 24.8 Å². The second-order valence-corrected chi connectivity index (χ2v) is 2.74. The van der Waals surface area contributed by atoms with Gasteiger partial charge in [0.25, 0.3) is 0 Å². The Morgan fingerprint density at radius 1 is 1.60 bits per heavy atom. The molecule has 1 aromatic rings. The van der Waals surface area contributed by atoms with Gasteiger partial charge in [-0.1, -0.05) is 12.6 Å². The molecule has 1 aromatic carbocycles. The van der Waals surface area contributed by atoms with Crippen LogP contribution in [0.5, 0.6) is 0 Å². The lowest BCUT2D eigenvalue weighted by Gasteiger charge is -2.06. The molecule has 0 N–H and O–H groups in total. The highest BCUT2D eigenvalue weighted by atomic mass is 19.1. The Morgan fingerprint density at radius 2 is 2.27 bits per heavy atom. The summed E-state index contributed by atoms with van der Waals surface area (Å²) in [7, 11) is 1.17. The molecule has 1 rings (SSSR count). The summed E-state index contributed by atoms with van der Waals surface area (Å²) in [6, 6.07) is 5.74. The number of rotatable bonds is 2. The summed E-state index contributed by atoms with van der Waals surface area (Å²) < 4.78 is 17.8. The van der Waals surface area contributed by atoms with Gasteiger partial charge in [0, 0.05) is 5.56 Å². The molecule has 4 heteroatoms. The van der Waals surface area contributed by atoms with E-state index in [2.05, 4.69) is 11.3 Å². The minimum atomic E-state index is -0.753. The second kappa shape index (κ2) is 4.38. The number of methoxy groups -OCH3 is 1. The lowest BCUT2D eigenvalue weighted by molar-refractivity contribution is -0.133. The van der Waals surface area contributed by atoms with Crippen LogP contribution in [0.2, 0.25) is 0 Å². The zero-order valence-electron chi connectivity index (χ0n) is 8.08. The number of halogens is 1. The van der Waals surface area contributed by atoms with E-state index in [4.69, 9.17) is 5.26 Å². The maximum Gasteiger partial charge on any atom is 0.338 e. The van der Waals surface area contributed by atoms with Crippen molar-refractivity contribution in [2.45, 2.75) is 0 Å². The van der Waals surface area contributed by atoms with Gasteiger partial charge in [-0.25, -0.2) is 9.18 Å². The zero-order valence-corrected chi connectivity index (χ0v) is 8.08. The predicted molar refractivity (Wildman–Crippen MR) is 52.2 cm³/mol. The maximum absolute atomic E-state index is 13.4. The first-order chi connectivity index (χ1) is 7.11. The Hall–Kier alpha value is -2.15. The molecule has 0 aliphatic carbocycles. The van der Waals surface area contributed by atoms with Crippen molar-refractivity contribution in [3.8, 4) is 6.07 Å². The summed E-state index contributed by atoms with van der Waals surface area (Å²) in [4.78, 5) is 11.1. The van der Waals surface area contributed by atoms with Gasteiger partial charge in [-0.3, -0.25) is 0 Å². The molecule has 0 atom stereocenters. The maximum atomic E-state index is 13.4. The molecule has 3 nitrogen and oxygen atoms in total. The molecule has 0 heterocycles. The van der Waals surface area contributed by atoms with E-state index in [1.54, 1.807) is 6.07 Å². The van der Waals surface area contributed by atoms with Crippen LogP contribution < -0.4 is 0 Å². The summed E-state index contributed by atoms with van der Waals surface area (Å²) in [5, 5.41) is 8.74. The van der Waals surface area contributed by atoms with E-state index in [0.29, 0.717) is 0 Å². The third-order valence-electron chi connectivity index (χ3n) is 1.87. The van der Waals surface area contributed by atoms with E-state index < -0.39 is 11.8 Å². The highest BCUT2D eigenvalue weighted by Gasteiger charge is 2.17. The highest BCUT2D eigenvalue weighted by Crippen LogP contribution is 2.21. The molecule has 0 saturated heterocycles. The van der Waals surface area contributed by atoms with Gasteiger partial charge in [0.2, 0.25) is 0 Å². The first-order valence-corrected chi connectivity index (χ1v) is 4.08. The first-order valence-electron chi connectivity index (χ1n) is 4.08. The lowest BCUT2D eigenvalue weighted by Crippen LogP contribution is -2.06. The number of carbonyl (C=O) groups is 1. The van der Waals surface area contributed by atoms with Crippen molar-refractivity contribution in [3.63, 3.8) is 0 Å². The van der Waals surface area contributed by atoms with E-state index in [1.165, 1.54) is 19.2 Å². The monoisotopic (exact) mass is 205 g/mol. The number of carbonyl (C=O) groups excluding carboxylic acids is 1. The van der Waals surface area contributed by atoms with Crippen molar-refractivity contribution >= 4 is 11.5 Å². The Kier molecular flexibility index (Phi) is 3.19. The van der Waals surface area contributed by atoms with Gasteiger partial charge in [-0.15, -0.1) is 0 Å². The molecule has 0 saturated carbocycles. The van der Waals surface area contributed by atoms with Gasteiger partial charge < -0.3 is 4.74 Å². The average Bonchev–Trinajstić information content (AvgIpc) is 2.26. The van der Waals surface area contributed by atoms with Crippen molar-refractivity contribution in [3.05, 3.63) is 41.7 Å². The number of hydrogen-bond donors (Lipinski definition) is 0. The van der Waals surface area contributed by atoms with Gasteiger partial charge in [0.1, 0.15) is 5.82 Å². The fraction of sp³-hybridized carbons (Fsp3) is 0.0909. The van der Waals surface area contributed by atoms with Crippen LogP contribution in [0.3, 0.4) is 0 Å². The minimum Gasteiger partial charge on any atom is -0.465 e. The SMILES string of the molecule is C=C(C(=O)OC)c1c(F)cccc1C#N. The van der Waals surface area contributed by atoms with Gasteiger partial charge in [0.15, 0.2) is 0 Å². The van der Waals surface area contributed by atoms with Crippen molar-refractivity contribution in [1.82, 2.24) is 0 Å². The second-order valence-electron chi connectivity index (χ2n) is 2.74. The Labute approximate surface area is 86.4 Å². The third kappa shape index (κ3) is 2.02. The van der Waals surface area contributed by atoms with Gasteiger partial charge in [-0.05, 0) is 12.1 Å². The van der Waals surface area contributed by atoms with Crippen LogP contribution in [-0.2, 0) is 9.53 Å². The quantitative estimate of drug-likeness (QED) is 0.547. The van der Waals surface area contributed by atoms with E-state index in [0.717, 1.165) is 6.07 Å². The summed E-state index contributed by atoms with van der Waals surface area (Å²) in [6.45, 7) is 3.40. The summed E-state index contributed by atoms with van der Waals surface area (Å²) in [6.07, 6.45) is 0. The number of esters is 1. The Balaban J connectivity index is 3.31. The van der Waals surface area contributed by atoms with Crippen LogP contribution in [0, 0.1) is 17.1 Å². The molecule has 0 aromatic heterocycles. The van der Waals surface area contributed by atoms with E-state index >= 15 is 0 Å². The molecule has 0 amide bonds. The minimum absolute atomic E-state index is 0.0606. The van der Waals surface area contributed by atoms with Crippen molar-refractivity contribution in [2.24, 2.45) is 0 Å². The van der Waals surface area contributed by atoms with Crippen molar-refractivity contribution < 1.29 is 13.9 Å². The van der Waals surface area contributed by atoms with Crippen LogP contribution >= 0.6 is 0 Å². The number of nitriles is 1. The molecule has 0 radical (unpaired) electrons. The van der Waals surface area contributed by atoms with E-state index in [-0.39, 0.29) is 16.7 Å². The molecular weight excluding hydrogens is 197 g/mol. The molecule has 0 aliphatic heterocycles. The van der Waals surface area contributed by atoms with Crippen molar-refractivity contribution in [2.75, 3.05) is 7.11 Å².